The quantitative estimate of drug-likeness (QED) is 0.612. The highest BCUT2D eigenvalue weighted by molar-refractivity contribution is 9.10. The Balaban J connectivity index is 2.41. The van der Waals surface area contributed by atoms with Crippen molar-refractivity contribution >= 4 is 21.6 Å². The summed E-state index contributed by atoms with van der Waals surface area (Å²) >= 11 is 3.28. The van der Waals surface area contributed by atoms with E-state index >= 15 is 0 Å². The lowest BCUT2D eigenvalue weighted by Gasteiger charge is -2.07. The summed E-state index contributed by atoms with van der Waals surface area (Å²) in [7, 11) is 0. The minimum Gasteiger partial charge on any atom is -0.450 e. The number of nitrogens with zero attached hydrogens (tertiary/aromatic N) is 1. The molecule has 0 amide bonds. The van der Waals surface area contributed by atoms with E-state index in [1.807, 2.05) is 0 Å². The molecule has 6 heteroatoms. The topological polar surface area (TPSA) is 52.4 Å². The van der Waals surface area contributed by atoms with Gasteiger partial charge in [-0.1, -0.05) is 15.9 Å². The lowest BCUT2D eigenvalue weighted by atomic mass is 10.2. The van der Waals surface area contributed by atoms with Crippen LogP contribution >= 0.6 is 15.9 Å². The molecule has 0 aliphatic heterocycles. The van der Waals surface area contributed by atoms with Crippen LogP contribution < -0.4 is 4.74 Å². The Morgan fingerprint density at radius 1 is 1.26 bits per heavy atom. The lowest BCUT2D eigenvalue weighted by molar-refractivity contribution is -0.385. The average Bonchev–Trinajstić information content (AvgIpc) is 2.36. The van der Waals surface area contributed by atoms with Gasteiger partial charge < -0.3 is 4.74 Å². The maximum absolute atomic E-state index is 13.3. The smallest absolute Gasteiger partial charge is 0.314 e. The molecule has 0 saturated carbocycles. The third-order valence-corrected chi connectivity index (χ3v) is 3.01. The molecule has 0 spiro atoms. The van der Waals surface area contributed by atoms with Crippen molar-refractivity contribution in [2.45, 2.75) is 6.92 Å². The SMILES string of the molecule is Cc1cc(Oc2ccc(Br)cc2)c([N+](=O)[O-])cc1F. The van der Waals surface area contributed by atoms with Crippen molar-refractivity contribution in [3.63, 3.8) is 0 Å². The van der Waals surface area contributed by atoms with Gasteiger partial charge in [-0.25, -0.2) is 4.39 Å². The van der Waals surface area contributed by atoms with Crippen LogP contribution in [0.25, 0.3) is 0 Å². The van der Waals surface area contributed by atoms with Gasteiger partial charge >= 0.3 is 5.69 Å². The Labute approximate surface area is 117 Å². The van der Waals surface area contributed by atoms with Gasteiger partial charge in [-0.3, -0.25) is 10.1 Å². The van der Waals surface area contributed by atoms with Gasteiger partial charge in [0.1, 0.15) is 11.6 Å². The summed E-state index contributed by atoms with van der Waals surface area (Å²) < 4.78 is 19.6. The van der Waals surface area contributed by atoms with E-state index in [1.165, 1.54) is 13.0 Å². The molecule has 0 aliphatic carbocycles. The van der Waals surface area contributed by atoms with E-state index in [0.717, 1.165) is 10.5 Å². The maximum Gasteiger partial charge on any atom is 0.314 e. The normalized spacial score (nSPS) is 10.3. The first kappa shape index (κ1) is 13.5. The number of nitro benzene ring substituents is 1. The van der Waals surface area contributed by atoms with E-state index in [0.29, 0.717) is 5.75 Å². The van der Waals surface area contributed by atoms with Gasteiger partial charge in [0.05, 0.1) is 11.0 Å². The molecule has 0 bridgehead atoms. The van der Waals surface area contributed by atoms with Gasteiger partial charge in [0.2, 0.25) is 5.75 Å². The Morgan fingerprint density at radius 3 is 2.47 bits per heavy atom. The van der Waals surface area contributed by atoms with Crippen LogP contribution in [0.5, 0.6) is 11.5 Å². The van der Waals surface area contributed by atoms with Crippen molar-refractivity contribution < 1.29 is 14.1 Å². The standard InChI is InChI=1S/C13H9BrFNO3/c1-8-6-13(12(16(17)18)7-11(8)15)19-10-4-2-9(14)3-5-10/h2-7H,1H3. The highest BCUT2D eigenvalue weighted by Crippen LogP contribution is 2.33. The zero-order valence-electron chi connectivity index (χ0n) is 9.89. The Hall–Kier alpha value is -1.95. The fraction of sp³-hybridized carbons (Fsp3) is 0.0769. The molecule has 0 aliphatic rings. The van der Waals surface area contributed by atoms with Crippen LogP contribution in [-0.4, -0.2) is 4.92 Å². The van der Waals surface area contributed by atoms with Crippen molar-refractivity contribution in [2.75, 3.05) is 0 Å². The second-order valence-corrected chi connectivity index (χ2v) is 4.80. The zero-order chi connectivity index (χ0) is 14.0. The number of aryl methyl sites for hydroxylation is 1. The second-order valence-electron chi connectivity index (χ2n) is 3.88. The average molecular weight is 326 g/mol. The number of nitro groups is 1. The first-order chi connectivity index (χ1) is 8.97. The largest absolute Gasteiger partial charge is 0.450 e. The summed E-state index contributed by atoms with van der Waals surface area (Å²) in [6.07, 6.45) is 0. The fourth-order valence-electron chi connectivity index (χ4n) is 1.50. The van der Waals surface area contributed by atoms with Gasteiger partial charge in [0, 0.05) is 4.47 Å². The summed E-state index contributed by atoms with van der Waals surface area (Å²) in [6, 6.07) is 8.99. The molecule has 4 nitrogen and oxygen atoms in total. The molecule has 0 unspecified atom stereocenters. The van der Waals surface area contributed by atoms with Gasteiger partial charge in [-0.05, 0) is 42.8 Å². The van der Waals surface area contributed by atoms with E-state index in [2.05, 4.69) is 15.9 Å². The summed E-state index contributed by atoms with van der Waals surface area (Å²) in [5, 5.41) is 10.9. The monoisotopic (exact) mass is 325 g/mol. The molecule has 2 rings (SSSR count). The van der Waals surface area contributed by atoms with Crippen LogP contribution in [0.4, 0.5) is 10.1 Å². The molecule has 0 fully saturated rings. The van der Waals surface area contributed by atoms with Crippen LogP contribution in [0.2, 0.25) is 0 Å². The molecule has 0 radical (unpaired) electrons. The third kappa shape index (κ3) is 3.08. The van der Waals surface area contributed by atoms with Crippen molar-refractivity contribution in [1.82, 2.24) is 0 Å². The molecule has 0 heterocycles. The molecule has 0 atom stereocenters. The van der Waals surface area contributed by atoms with Gasteiger partial charge in [0.25, 0.3) is 0 Å². The number of rotatable bonds is 3. The predicted octanol–water partition coefficient (Wildman–Crippen LogP) is 4.60. The maximum atomic E-state index is 13.3. The van der Waals surface area contributed by atoms with E-state index in [9.17, 15) is 14.5 Å². The van der Waals surface area contributed by atoms with Crippen molar-refractivity contribution in [1.29, 1.82) is 0 Å². The van der Waals surface area contributed by atoms with E-state index in [-0.39, 0.29) is 11.3 Å². The Bertz CT molecular complexity index is 629. The third-order valence-electron chi connectivity index (χ3n) is 2.48. The first-order valence-corrected chi connectivity index (χ1v) is 6.14. The summed E-state index contributed by atoms with van der Waals surface area (Å²) in [5.74, 6) is -0.168. The molecule has 0 saturated heterocycles. The molecular formula is C13H9BrFNO3. The highest BCUT2D eigenvalue weighted by Gasteiger charge is 2.19. The van der Waals surface area contributed by atoms with Crippen molar-refractivity contribution in [2.24, 2.45) is 0 Å². The Kier molecular flexibility index (Phi) is 3.80. The van der Waals surface area contributed by atoms with E-state index < -0.39 is 16.4 Å². The fourth-order valence-corrected chi connectivity index (χ4v) is 1.76. The summed E-state index contributed by atoms with van der Waals surface area (Å²) in [6.45, 7) is 1.52. The van der Waals surface area contributed by atoms with Gasteiger partial charge in [0.15, 0.2) is 0 Å². The number of hydrogen-bond acceptors (Lipinski definition) is 3. The molecule has 2 aromatic carbocycles. The minimum absolute atomic E-state index is 0.0197. The van der Waals surface area contributed by atoms with Crippen LogP contribution in [0.15, 0.2) is 40.9 Å². The Morgan fingerprint density at radius 2 is 1.89 bits per heavy atom. The highest BCUT2D eigenvalue weighted by atomic mass is 79.9. The van der Waals surface area contributed by atoms with Crippen LogP contribution in [0.3, 0.4) is 0 Å². The summed E-state index contributed by atoms with van der Waals surface area (Å²) in [4.78, 5) is 10.2. The number of ether oxygens (including phenoxy) is 1. The number of benzene rings is 2. The first-order valence-electron chi connectivity index (χ1n) is 5.35. The van der Waals surface area contributed by atoms with E-state index in [4.69, 9.17) is 4.74 Å². The van der Waals surface area contributed by atoms with Crippen molar-refractivity contribution in [3.05, 3.63) is 62.4 Å². The molecule has 2 aromatic rings. The number of halogens is 2. The van der Waals surface area contributed by atoms with Crippen LogP contribution in [-0.2, 0) is 0 Å². The molecule has 19 heavy (non-hydrogen) atoms. The molecule has 0 aromatic heterocycles. The van der Waals surface area contributed by atoms with E-state index in [1.54, 1.807) is 24.3 Å². The predicted molar refractivity (Wildman–Crippen MR) is 72.0 cm³/mol. The molecule has 0 N–H and O–H groups in total. The second kappa shape index (κ2) is 5.36. The number of hydrogen-bond donors (Lipinski definition) is 0. The molecule has 98 valence electrons. The molecular weight excluding hydrogens is 317 g/mol. The minimum atomic E-state index is -0.670. The van der Waals surface area contributed by atoms with Crippen molar-refractivity contribution in [3.8, 4) is 11.5 Å². The zero-order valence-corrected chi connectivity index (χ0v) is 11.5. The summed E-state index contributed by atoms with van der Waals surface area (Å²) in [5.41, 5.74) is -0.108. The van der Waals surface area contributed by atoms with Gasteiger partial charge in [-0.15, -0.1) is 0 Å². The van der Waals surface area contributed by atoms with Gasteiger partial charge in [-0.2, -0.15) is 0 Å². The van der Waals surface area contributed by atoms with Crippen LogP contribution in [0.1, 0.15) is 5.56 Å². The van der Waals surface area contributed by atoms with Crippen LogP contribution in [0, 0.1) is 22.9 Å². The lowest BCUT2D eigenvalue weighted by Crippen LogP contribution is -1.96.